The van der Waals surface area contributed by atoms with Gasteiger partial charge in [-0.1, -0.05) is 0 Å². The van der Waals surface area contributed by atoms with Gasteiger partial charge < -0.3 is 15.2 Å². The predicted octanol–water partition coefficient (Wildman–Crippen LogP) is -0.129. The van der Waals surface area contributed by atoms with Crippen LogP contribution in [0.25, 0.3) is 0 Å². The van der Waals surface area contributed by atoms with Gasteiger partial charge in [-0.05, 0) is 6.07 Å². The smallest absolute Gasteiger partial charge is 0.271 e. The van der Waals surface area contributed by atoms with E-state index in [0.29, 0.717) is 19.8 Å². The Hall–Kier alpha value is -1.75. The minimum atomic E-state index is -3.87. The largest absolute Gasteiger partial charge is 0.397 e. The summed E-state index contributed by atoms with van der Waals surface area (Å²) in [5.74, 6) is 0. The summed E-state index contributed by atoms with van der Waals surface area (Å²) in [4.78, 5) is 9.75. The Kier molecular flexibility index (Phi) is 4.73. The summed E-state index contributed by atoms with van der Waals surface area (Å²) in [5.41, 5.74) is 5.12. The van der Waals surface area contributed by atoms with E-state index in [9.17, 15) is 18.5 Å². The van der Waals surface area contributed by atoms with Crippen molar-refractivity contribution in [3.63, 3.8) is 0 Å². The molecule has 1 unspecified atom stereocenters. The maximum Gasteiger partial charge on any atom is 0.271 e. The van der Waals surface area contributed by atoms with Crippen molar-refractivity contribution in [1.82, 2.24) is 4.72 Å². The van der Waals surface area contributed by atoms with Gasteiger partial charge in [0.1, 0.15) is 4.90 Å². The first-order valence-corrected chi connectivity index (χ1v) is 7.61. The van der Waals surface area contributed by atoms with E-state index in [1.165, 1.54) is 0 Å². The van der Waals surface area contributed by atoms with Gasteiger partial charge in [-0.2, -0.15) is 0 Å². The van der Waals surface area contributed by atoms with Gasteiger partial charge in [0.25, 0.3) is 5.69 Å². The highest BCUT2D eigenvalue weighted by Crippen LogP contribution is 2.23. The van der Waals surface area contributed by atoms with Gasteiger partial charge in [0.05, 0.1) is 36.5 Å². The maximum absolute atomic E-state index is 12.1. The molecule has 116 valence electrons. The molecule has 2 rings (SSSR count). The fourth-order valence-electron chi connectivity index (χ4n) is 1.83. The monoisotopic (exact) mass is 317 g/mol. The number of anilines is 1. The van der Waals surface area contributed by atoms with Crippen molar-refractivity contribution in [2.24, 2.45) is 0 Å². The van der Waals surface area contributed by atoms with Crippen LogP contribution < -0.4 is 10.5 Å². The van der Waals surface area contributed by atoms with E-state index in [2.05, 4.69) is 4.72 Å². The molecular formula is C11H15N3O6S. The number of hydrogen-bond donors (Lipinski definition) is 2. The third-order valence-corrected chi connectivity index (χ3v) is 4.38. The maximum atomic E-state index is 12.1. The quantitative estimate of drug-likeness (QED) is 0.439. The molecule has 1 saturated heterocycles. The molecule has 0 spiro atoms. The molecule has 0 aliphatic carbocycles. The summed E-state index contributed by atoms with van der Waals surface area (Å²) < 4.78 is 37.1. The lowest BCUT2D eigenvalue weighted by Gasteiger charge is -2.23. The highest BCUT2D eigenvalue weighted by Gasteiger charge is 2.22. The minimum absolute atomic E-state index is 0.0404. The van der Waals surface area contributed by atoms with Gasteiger partial charge in [-0.3, -0.25) is 10.1 Å². The standard InChI is InChI=1S/C11H15N3O6S/c12-10-5-8(14(15)16)1-2-11(10)21(17,18)13-6-9-7-19-3-4-20-9/h1-2,5,9,13H,3-4,6-7,12H2. The molecule has 0 amide bonds. The highest BCUT2D eigenvalue weighted by molar-refractivity contribution is 7.89. The molecule has 0 saturated carbocycles. The van der Waals surface area contributed by atoms with Crippen LogP contribution in [0.2, 0.25) is 0 Å². The molecule has 21 heavy (non-hydrogen) atoms. The van der Waals surface area contributed by atoms with Crippen LogP contribution >= 0.6 is 0 Å². The third-order valence-electron chi connectivity index (χ3n) is 2.88. The molecule has 1 aliphatic rings. The summed E-state index contributed by atoms with van der Waals surface area (Å²) in [6.45, 7) is 1.24. The van der Waals surface area contributed by atoms with E-state index in [1.807, 2.05) is 0 Å². The zero-order chi connectivity index (χ0) is 15.5. The Balaban J connectivity index is 2.10. The number of nitrogen functional groups attached to an aromatic ring is 1. The molecule has 9 nitrogen and oxygen atoms in total. The number of nitrogens with zero attached hydrogens (tertiary/aromatic N) is 1. The van der Waals surface area contributed by atoms with Crippen LogP contribution in [-0.4, -0.2) is 45.8 Å². The molecule has 3 N–H and O–H groups in total. The van der Waals surface area contributed by atoms with Crippen molar-refractivity contribution in [2.45, 2.75) is 11.0 Å². The Bertz CT molecular complexity index is 627. The molecule has 1 aliphatic heterocycles. The van der Waals surface area contributed by atoms with Gasteiger partial charge in [0.2, 0.25) is 10.0 Å². The van der Waals surface area contributed by atoms with Crippen molar-refractivity contribution in [2.75, 3.05) is 32.1 Å². The van der Waals surface area contributed by atoms with Crippen LogP contribution in [0.15, 0.2) is 23.1 Å². The first kappa shape index (κ1) is 15.6. The first-order chi connectivity index (χ1) is 9.90. The molecule has 1 heterocycles. The van der Waals surface area contributed by atoms with E-state index in [-0.39, 0.29) is 28.9 Å². The van der Waals surface area contributed by atoms with E-state index < -0.39 is 14.9 Å². The van der Waals surface area contributed by atoms with Crippen molar-refractivity contribution >= 4 is 21.4 Å². The Morgan fingerprint density at radius 1 is 1.43 bits per heavy atom. The van der Waals surface area contributed by atoms with Gasteiger partial charge in [0, 0.05) is 18.7 Å². The summed E-state index contributed by atoms with van der Waals surface area (Å²) >= 11 is 0. The number of sulfonamides is 1. The second-order valence-electron chi connectivity index (χ2n) is 4.40. The van der Waals surface area contributed by atoms with Crippen molar-refractivity contribution in [3.8, 4) is 0 Å². The van der Waals surface area contributed by atoms with Crippen LogP contribution in [0.3, 0.4) is 0 Å². The summed E-state index contributed by atoms with van der Waals surface area (Å²) in [7, 11) is -3.87. The number of non-ortho nitro benzene ring substituents is 1. The van der Waals surface area contributed by atoms with E-state index in [1.54, 1.807) is 0 Å². The van der Waals surface area contributed by atoms with Crippen LogP contribution in [-0.2, 0) is 19.5 Å². The van der Waals surface area contributed by atoms with Crippen molar-refractivity contribution in [1.29, 1.82) is 0 Å². The zero-order valence-corrected chi connectivity index (χ0v) is 11.8. The molecule has 1 aromatic rings. The molecule has 0 aromatic heterocycles. The van der Waals surface area contributed by atoms with Crippen molar-refractivity contribution < 1.29 is 22.8 Å². The minimum Gasteiger partial charge on any atom is -0.397 e. The number of nitrogens with one attached hydrogen (secondary N) is 1. The molecule has 1 fully saturated rings. The average Bonchev–Trinajstić information content (AvgIpc) is 2.46. The molecule has 0 radical (unpaired) electrons. The Labute approximate surface area is 121 Å². The lowest BCUT2D eigenvalue weighted by atomic mass is 10.3. The topological polar surface area (TPSA) is 134 Å². The van der Waals surface area contributed by atoms with Crippen LogP contribution in [0.5, 0.6) is 0 Å². The molecular weight excluding hydrogens is 302 g/mol. The normalized spacial score (nSPS) is 19.3. The zero-order valence-electron chi connectivity index (χ0n) is 11.0. The van der Waals surface area contributed by atoms with Gasteiger partial charge in [-0.15, -0.1) is 0 Å². The van der Waals surface area contributed by atoms with Gasteiger partial charge in [-0.25, -0.2) is 13.1 Å². The number of rotatable bonds is 5. The molecule has 1 atom stereocenters. The van der Waals surface area contributed by atoms with Crippen LogP contribution in [0.4, 0.5) is 11.4 Å². The number of benzene rings is 1. The molecule has 1 aromatic carbocycles. The Morgan fingerprint density at radius 2 is 2.19 bits per heavy atom. The SMILES string of the molecule is Nc1cc([N+](=O)[O-])ccc1S(=O)(=O)NCC1COCCO1. The average molecular weight is 317 g/mol. The number of nitro benzene ring substituents is 1. The predicted molar refractivity (Wildman–Crippen MR) is 73.3 cm³/mol. The summed E-state index contributed by atoms with van der Waals surface area (Å²) in [6.07, 6.45) is -0.368. The van der Waals surface area contributed by atoms with Gasteiger partial charge in [0.15, 0.2) is 0 Å². The number of ether oxygens (including phenoxy) is 2. The first-order valence-electron chi connectivity index (χ1n) is 6.13. The van der Waals surface area contributed by atoms with E-state index in [4.69, 9.17) is 15.2 Å². The number of nitrogens with two attached hydrogens (primary N) is 1. The summed E-state index contributed by atoms with van der Waals surface area (Å²) in [5, 5.41) is 10.6. The van der Waals surface area contributed by atoms with Crippen LogP contribution in [0, 0.1) is 10.1 Å². The summed E-state index contributed by atoms with van der Waals surface area (Å²) in [6, 6.07) is 3.20. The van der Waals surface area contributed by atoms with Crippen LogP contribution in [0.1, 0.15) is 0 Å². The van der Waals surface area contributed by atoms with E-state index >= 15 is 0 Å². The lowest BCUT2D eigenvalue weighted by molar-refractivity contribution is -0.384. The fourth-order valence-corrected chi connectivity index (χ4v) is 3.01. The third kappa shape index (κ3) is 3.88. The Morgan fingerprint density at radius 3 is 2.76 bits per heavy atom. The second-order valence-corrected chi connectivity index (χ2v) is 6.13. The molecule has 10 heteroatoms. The highest BCUT2D eigenvalue weighted by atomic mass is 32.2. The second kappa shape index (κ2) is 6.35. The number of nitro groups is 1. The van der Waals surface area contributed by atoms with Gasteiger partial charge >= 0.3 is 0 Å². The van der Waals surface area contributed by atoms with Crippen molar-refractivity contribution in [3.05, 3.63) is 28.3 Å². The molecule has 0 bridgehead atoms. The lowest BCUT2D eigenvalue weighted by Crippen LogP contribution is -2.39. The van der Waals surface area contributed by atoms with E-state index in [0.717, 1.165) is 18.2 Å². The number of hydrogen-bond acceptors (Lipinski definition) is 7. The fraction of sp³-hybridized carbons (Fsp3) is 0.455.